The average molecular weight is 312 g/mol. The van der Waals surface area contributed by atoms with Crippen LogP contribution in [0.25, 0.3) is 0 Å². The van der Waals surface area contributed by atoms with Gasteiger partial charge in [-0.1, -0.05) is 20.8 Å². The van der Waals surface area contributed by atoms with Crippen LogP contribution in [0.5, 0.6) is 0 Å². The van der Waals surface area contributed by atoms with E-state index in [-0.39, 0.29) is 42.1 Å². The Labute approximate surface area is 132 Å². The first kappa shape index (κ1) is 18.5. The maximum atomic E-state index is 12.1. The van der Waals surface area contributed by atoms with Gasteiger partial charge in [0.25, 0.3) is 0 Å². The summed E-state index contributed by atoms with van der Waals surface area (Å²) in [4.78, 5) is 36.7. The molecule has 1 fully saturated rings. The Morgan fingerprint density at radius 2 is 1.73 bits per heavy atom. The zero-order valence-corrected chi connectivity index (χ0v) is 14.1. The van der Waals surface area contributed by atoms with Crippen molar-refractivity contribution in [1.29, 1.82) is 0 Å². The van der Waals surface area contributed by atoms with E-state index in [0.29, 0.717) is 19.5 Å². The molecule has 126 valence electrons. The van der Waals surface area contributed by atoms with Crippen LogP contribution in [0, 0.1) is 5.41 Å². The van der Waals surface area contributed by atoms with Gasteiger partial charge in [-0.15, -0.1) is 0 Å². The fourth-order valence-corrected chi connectivity index (χ4v) is 2.46. The van der Waals surface area contributed by atoms with E-state index < -0.39 is 0 Å². The molecule has 0 unspecified atom stereocenters. The summed E-state index contributed by atoms with van der Waals surface area (Å²) in [7, 11) is 1.31. The zero-order valence-electron chi connectivity index (χ0n) is 14.1. The van der Waals surface area contributed by atoms with Crippen molar-refractivity contribution in [2.75, 3.05) is 20.2 Å². The summed E-state index contributed by atoms with van der Waals surface area (Å²) in [6.07, 6.45) is 2.32. The molecule has 0 aliphatic carbocycles. The number of piperidine rings is 1. The number of nitrogens with zero attached hydrogens (tertiary/aromatic N) is 1. The van der Waals surface area contributed by atoms with Crippen LogP contribution in [0.15, 0.2) is 0 Å². The summed E-state index contributed by atoms with van der Waals surface area (Å²) in [6.45, 7) is 7.52. The number of amides is 2. The molecule has 0 aromatic carbocycles. The molecule has 0 aromatic heterocycles. The molecule has 2 amide bonds. The Morgan fingerprint density at radius 1 is 1.14 bits per heavy atom. The van der Waals surface area contributed by atoms with Crippen LogP contribution in [0.3, 0.4) is 0 Å². The molecule has 1 N–H and O–H groups in total. The van der Waals surface area contributed by atoms with Gasteiger partial charge in [0.05, 0.1) is 13.5 Å². The largest absolute Gasteiger partial charge is 0.469 e. The van der Waals surface area contributed by atoms with Crippen molar-refractivity contribution in [1.82, 2.24) is 10.2 Å². The van der Waals surface area contributed by atoms with Crippen LogP contribution >= 0.6 is 0 Å². The van der Waals surface area contributed by atoms with Gasteiger partial charge in [0.15, 0.2) is 0 Å². The number of hydrogen-bond donors (Lipinski definition) is 1. The average Bonchev–Trinajstić information content (AvgIpc) is 2.43. The van der Waals surface area contributed by atoms with E-state index in [4.69, 9.17) is 0 Å². The third kappa shape index (κ3) is 6.91. The van der Waals surface area contributed by atoms with Crippen molar-refractivity contribution in [3.05, 3.63) is 0 Å². The highest BCUT2D eigenvalue weighted by molar-refractivity contribution is 5.81. The second-order valence-corrected chi connectivity index (χ2v) is 7.04. The molecule has 0 saturated carbocycles. The summed E-state index contributed by atoms with van der Waals surface area (Å²) >= 11 is 0. The Balaban J connectivity index is 2.29. The van der Waals surface area contributed by atoms with Crippen molar-refractivity contribution in [2.45, 2.75) is 58.9 Å². The molecule has 0 aromatic rings. The van der Waals surface area contributed by atoms with E-state index >= 15 is 0 Å². The number of methoxy groups -OCH3 is 1. The Morgan fingerprint density at radius 3 is 2.23 bits per heavy atom. The molecule has 0 radical (unpaired) electrons. The number of carbonyl (C=O) groups excluding carboxylic acids is 3. The fourth-order valence-electron chi connectivity index (χ4n) is 2.46. The molecule has 6 nitrogen and oxygen atoms in total. The van der Waals surface area contributed by atoms with Gasteiger partial charge >= 0.3 is 5.97 Å². The van der Waals surface area contributed by atoms with Crippen LogP contribution in [0.1, 0.15) is 52.9 Å². The number of esters is 1. The minimum absolute atomic E-state index is 0.00393. The minimum Gasteiger partial charge on any atom is -0.469 e. The highest BCUT2D eigenvalue weighted by atomic mass is 16.5. The van der Waals surface area contributed by atoms with Gasteiger partial charge in [-0.3, -0.25) is 14.4 Å². The number of hydrogen-bond acceptors (Lipinski definition) is 4. The topological polar surface area (TPSA) is 75.7 Å². The van der Waals surface area contributed by atoms with E-state index in [9.17, 15) is 14.4 Å². The first-order valence-corrected chi connectivity index (χ1v) is 7.85. The lowest BCUT2D eigenvalue weighted by Crippen LogP contribution is -2.47. The molecule has 0 spiro atoms. The van der Waals surface area contributed by atoms with Crippen LogP contribution in [-0.2, 0) is 19.1 Å². The van der Waals surface area contributed by atoms with Gasteiger partial charge in [-0.2, -0.15) is 0 Å². The quantitative estimate of drug-likeness (QED) is 0.780. The second kappa shape index (κ2) is 8.15. The molecule has 22 heavy (non-hydrogen) atoms. The molecule has 1 heterocycles. The Bertz CT molecular complexity index is 407. The molecule has 1 rings (SSSR count). The Hall–Kier alpha value is -1.59. The van der Waals surface area contributed by atoms with Crippen molar-refractivity contribution >= 4 is 17.8 Å². The molecule has 1 aliphatic rings. The van der Waals surface area contributed by atoms with Gasteiger partial charge < -0.3 is 15.0 Å². The minimum atomic E-state index is -0.377. The summed E-state index contributed by atoms with van der Waals surface area (Å²) < 4.78 is 4.51. The van der Waals surface area contributed by atoms with E-state index in [1.165, 1.54) is 7.11 Å². The van der Waals surface area contributed by atoms with Crippen molar-refractivity contribution in [2.24, 2.45) is 5.41 Å². The maximum absolute atomic E-state index is 12.1. The molecule has 1 aliphatic heterocycles. The monoisotopic (exact) mass is 312 g/mol. The molecule has 1 saturated heterocycles. The van der Waals surface area contributed by atoms with Gasteiger partial charge in [0.1, 0.15) is 0 Å². The number of rotatable bonds is 5. The van der Waals surface area contributed by atoms with Gasteiger partial charge in [0, 0.05) is 32.0 Å². The van der Waals surface area contributed by atoms with Crippen molar-refractivity contribution in [3.63, 3.8) is 0 Å². The summed E-state index contributed by atoms with van der Waals surface area (Å²) in [5.41, 5.74) is -0.00393. The standard InChI is InChI=1S/C16H28N2O4/c1-16(2,3)11-14(20)18-9-7-12(8-10-18)17-13(19)5-6-15(21)22-4/h12H,5-11H2,1-4H3,(H,17,19). The Kier molecular flexibility index (Phi) is 6.84. The van der Waals surface area contributed by atoms with Crippen LogP contribution in [-0.4, -0.2) is 48.9 Å². The lowest BCUT2D eigenvalue weighted by molar-refractivity contribution is -0.142. The van der Waals surface area contributed by atoms with Gasteiger partial charge in [-0.25, -0.2) is 0 Å². The smallest absolute Gasteiger partial charge is 0.306 e. The molecular weight excluding hydrogens is 284 g/mol. The first-order chi connectivity index (χ1) is 10.2. The van der Waals surface area contributed by atoms with Crippen molar-refractivity contribution < 1.29 is 19.1 Å². The third-order valence-electron chi connectivity index (χ3n) is 3.68. The lowest BCUT2D eigenvalue weighted by Gasteiger charge is -2.34. The summed E-state index contributed by atoms with van der Waals surface area (Å²) in [5, 5.41) is 2.92. The predicted octanol–water partition coefficient (Wildman–Crippen LogP) is 1.48. The summed E-state index contributed by atoms with van der Waals surface area (Å²) in [6, 6.07) is 0.0869. The predicted molar refractivity (Wildman–Crippen MR) is 83.1 cm³/mol. The van der Waals surface area contributed by atoms with E-state index in [0.717, 1.165) is 12.8 Å². The van der Waals surface area contributed by atoms with Crippen LogP contribution < -0.4 is 5.32 Å². The second-order valence-electron chi connectivity index (χ2n) is 7.04. The first-order valence-electron chi connectivity index (χ1n) is 7.85. The van der Waals surface area contributed by atoms with E-state index in [1.54, 1.807) is 0 Å². The number of ether oxygens (including phenoxy) is 1. The highest BCUT2D eigenvalue weighted by Gasteiger charge is 2.26. The van der Waals surface area contributed by atoms with E-state index in [1.807, 2.05) is 4.90 Å². The van der Waals surface area contributed by atoms with Crippen LogP contribution in [0.2, 0.25) is 0 Å². The number of nitrogens with one attached hydrogen (secondary N) is 1. The number of carbonyl (C=O) groups is 3. The fraction of sp³-hybridized carbons (Fsp3) is 0.812. The SMILES string of the molecule is COC(=O)CCC(=O)NC1CCN(C(=O)CC(C)(C)C)CC1. The molecule has 6 heteroatoms. The molecule has 0 atom stereocenters. The van der Waals surface area contributed by atoms with Gasteiger partial charge in [-0.05, 0) is 18.3 Å². The van der Waals surface area contributed by atoms with Crippen LogP contribution in [0.4, 0.5) is 0 Å². The summed E-state index contributed by atoms with van der Waals surface area (Å²) in [5.74, 6) is -0.328. The highest BCUT2D eigenvalue weighted by Crippen LogP contribution is 2.21. The number of likely N-dealkylation sites (tertiary alicyclic amines) is 1. The normalized spacial score (nSPS) is 16.3. The van der Waals surface area contributed by atoms with Crippen molar-refractivity contribution in [3.8, 4) is 0 Å². The lowest BCUT2D eigenvalue weighted by atomic mass is 9.91. The molecular formula is C16H28N2O4. The maximum Gasteiger partial charge on any atom is 0.306 e. The third-order valence-corrected chi connectivity index (χ3v) is 3.68. The van der Waals surface area contributed by atoms with E-state index in [2.05, 4.69) is 30.8 Å². The zero-order chi connectivity index (χ0) is 16.8. The molecule has 0 bridgehead atoms. The van der Waals surface area contributed by atoms with Gasteiger partial charge in [0.2, 0.25) is 11.8 Å².